The third kappa shape index (κ3) is 1.94. The van der Waals surface area contributed by atoms with Crippen molar-refractivity contribution in [2.75, 3.05) is 0 Å². The lowest BCUT2D eigenvalue weighted by molar-refractivity contribution is -0.171. The van der Waals surface area contributed by atoms with Crippen LogP contribution in [0.25, 0.3) is 0 Å². The SMILES string of the molecule is Cc1ccc(CC2(O)C3CC4CC(C3)CC2C4)c(Cl)c1. The molecule has 0 spiro atoms. The molecule has 1 nitrogen and oxygen atoms in total. The monoisotopic (exact) mass is 290 g/mol. The van der Waals surface area contributed by atoms with Crippen LogP contribution in [0.3, 0.4) is 0 Å². The van der Waals surface area contributed by atoms with E-state index in [4.69, 9.17) is 11.6 Å². The van der Waals surface area contributed by atoms with E-state index in [9.17, 15) is 5.11 Å². The van der Waals surface area contributed by atoms with Crippen molar-refractivity contribution in [2.24, 2.45) is 23.7 Å². The summed E-state index contributed by atoms with van der Waals surface area (Å²) in [5, 5.41) is 12.2. The highest BCUT2D eigenvalue weighted by atomic mass is 35.5. The molecule has 0 unspecified atom stereocenters. The van der Waals surface area contributed by atoms with Gasteiger partial charge in [-0.3, -0.25) is 0 Å². The van der Waals surface area contributed by atoms with E-state index in [0.717, 1.165) is 28.8 Å². The van der Waals surface area contributed by atoms with E-state index in [1.165, 1.54) is 37.7 Å². The summed E-state index contributed by atoms with van der Waals surface area (Å²) in [7, 11) is 0. The molecule has 108 valence electrons. The molecule has 4 fully saturated rings. The first-order valence-electron chi connectivity index (χ1n) is 8.02. The van der Waals surface area contributed by atoms with Gasteiger partial charge in [0.25, 0.3) is 0 Å². The quantitative estimate of drug-likeness (QED) is 0.857. The van der Waals surface area contributed by atoms with E-state index in [1.54, 1.807) is 0 Å². The van der Waals surface area contributed by atoms with Crippen molar-refractivity contribution in [3.05, 3.63) is 34.3 Å². The standard InChI is InChI=1S/C18H23ClO/c1-11-2-3-14(17(19)4-11)10-18(20)15-6-12-5-13(8-15)9-16(18)7-12/h2-4,12-13,15-16,20H,5-10H2,1H3. The van der Waals surface area contributed by atoms with Crippen LogP contribution < -0.4 is 0 Å². The van der Waals surface area contributed by atoms with E-state index in [1.807, 2.05) is 6.07 Å². The lowest BCUT2D eigenvalue weighted by atomic mass is 9.49. The first kappa shape index (κ1) is 13.2. The molecule has 0 aromatic heterocycles. The van der Waals surface area contributed by atoms with Gasteiger partial charge in [0.15, 0.2) is 0 Å². The first-order valence-corrected chi connectivity index (χ1v) is 8.40. The van der Waals surface area contributed by atoms with E-state index in [0.29, 0.717) is 11.8 Å². The molecule has 0 saturated heterocycles. The lowest BCUT2D eigenvalue weighted by Crippen LogP contribution is -2.58. The minimum atomic E-state index is -0.494. The molecule has 0 radical (unpaired) electrons. The van der Waals surface area contributed by atoms with Gasteiger partial charge >= 0.3 is 0 Å². The van der Waals surface area contributed by atoms with Crippen LogP contribution in [0.2, 0.25) is 5.02 Å². The van der Waals surface area contributed by atoms with Crippen LogP contribution >= 0.6 is 11.6 Å². The van der Waals surface area contributed by atoms with Crippen LogP contribution in [0.4, 0.5) is 0 Å². The van der Waals surface area contributed by atoms with Crippen LogP contribution in [-0.4, -0.2) is 10.7 Å². The molecule has 0 amide bonds. The summed E-state index contributed by atoms with van der Waals surface area (Å²) >= 11 is 6.39. The molecule has 1 aromatic rings. The van der Waals surface area contributed by atoms with Crippen LogP contribution in [-0.2, 0) is 6.42 Å². The van der Waals surface area contributed by atoms with Crippen molar-refractivity contribution in [2.45, 2.75) is 51.0 Å². The Labute approximate surface area is 126 Å². The number of aryl methyl sites for hydroxylation is 1. The summed E-state index contributed by atoms with van der Waals surface area (Å²) in [6.07, 6.45) is 7.15. The zero-order valence-corrected chi connectivity index (χ0v) is 12.9. The Kier molecular flexibility index (Phi) is 2.95. The lowest BCUT2D eigenvalue weighted by Gasteiger charge is -2.59. The van der Waals surface area contributed by atoms with Crippen molar-refractivity contribution in [1.82, 2.24) is 0 Å². The van der Waals surface area contributed by atoms with Crippen molar-refractivity contribution >= 4 is 11.6 Å². The molecular weight excluding hydrogens is 268 g/mol. The molecule has 1 aromatic carbocycles. The van der Waals surface area contributed by atoms with E-state index >= 15 is 0 Å². The minimum Gasteiger partial charge on any atom is -0.389 e. The highest BCUT2D eigenvalue weighted by Crippen LogP contribution is 2.59. The molecule has 5 rings (SSSR count). The second kappa shape index (κ2) is 4.48. The fourth-order valence-electron chi connectivity index (χ4n) is 5.39. The fraction of sp³-hybridized carbons (Fsp3) is 0.667. The number of halogens is 1. The van der Waals surface area contributed by atoms with Gasteiger partial charge in [0.05, 0.1) is 5.60 Å². The molecule has 2 heteroatoms. The number of rotatable bonds is 2. The molecule has 4 bridgehead atoms. The zero-order chi connectivity index (χ0) is 13.9. The van der Waals surface area contributed by atoms with Crippen LogP contribution in [0.5, 0.6) is 0 Å². The van der Waals surface area contributed by atoms with Gasteiger partial charge in [0, 0.05) is 11.4 Å². The third-order valence-electron chi connectivity index (χ3n) is 6.23. The number of hydrogen-bond acceptors (Lipinski definition) is 1. The largest absolute Gasteiger partial charge is 0.389 e. The summed E-state index contributed by atoms with van der Waals surface area (Å²) in [5.74, 6) is 2.81. The molecular formula is C18H23ClO. The maximum Gasteiger partial charge on any atom is 0.0744 e. The van der Waals surface area contributed by atoms with Gasteiger partial charge in [0.2, 0.25) is 0 Å². The summed E-state index contributed by atoms with van der Waals surface area (Å²) in [5.41, 5.74) is 1.83. The van der Waals surface area contributed by atoms with Crippen LogP contribution in [0.1, 0.15) is 43.2 Å². The molecule has 4 saturated carbocycles. The second-order valence-electron chi connectivity index (χ2n) is 7.57. The molecule has 1 N–H and O–H groups in total. The Morgan fingerprint density at radius 2 is 1.70 bits per heavy atom. The predicted octanol–water partition coefficient (Wildman–Crippen LogP) is 4.38. The van der Waals surface area contributed by atoms with Crippen molar-refractivity contribution < 1.29 is 5.11 Å². The summed E-state index contributed by atoms with van der Waals surface area (Å²) in [4.78, 5) is 0. The van der Waals surface area contributed by atoms with E-state index in [-0.39, 0.29) is 0 Å². The van der Waals surface area contributed by atoms with Crippen LogP contribution in [0, 0.1) is 30.6 Å². The number of benzene rings is 1. The molecule has 0 aliphatic heterocycles. The zero-order valence-electron chi connectivity index (χ0n) is 12.1. The van der Waals surface area contributed by atoms with Gasteiger partial charge in [0.1, 0.15) is 0 Å². The summed E-state index contributed by atoms with van der Waals surface area (Å²) in [6.45, 7) is 2.06. The number of hydrogen-bond donors (Lipinski definition) is 1. The average Bonchev–Trinajstić information content (AvgIpc) is 2.39. The van der Waals surface area contributed by atoms with Crippen LogP contribution in [0.15, 0.2) is 18.2 Å². The molecule has 4 aliphatic carbocycles. The first-order chi connectivity index (χ1) is 9.54. The van der Waals surface area contributed by atoms with Gasteiger partial charge in [-0.1, -0.05) is 23.7 Å². The van der Waals surface area contributed by atoms with Gasteiger partial charge < -0.3 is 5.11 Å². The Bertz CT molecular complexity index is 508. The van der Waals surface area contributed by atoms with Crippen molar-refractivity contribution in [3.8, 4) is 0 Å². The minimum absolute atomic E-state index is 0.494. The van der Waals surface area contributed by atoms with Gasteiger partial charge in [-0.25, -0.2) is 0 Å². The topological polar surface area (TPSA) is 20.2 Å². The number of aliphatic hydroxyl groups is 1. The third-order valence-corrected chi connectivity index (χ3v) is 6.59. The van der Waals surface area contributed by atoms with Crippen molar-refractivity contribution in [1.29, 1.82) is 0 Å². The maximum absolute atomic E-state index is 11.4. The highest BCUT2D eigenvalue weighted by Gasteiger charge is 2.56. The van der Waals surface area contributed by atoms with Gasteiger partial charge in [-0.2, -0.15) is 0 Å². The highest BCUT2D eigenvalue weighted by molar-refractivity contribution is 6.31. The fourth-order valence-corrected chi connectivity index (χ4v) is 5.69. The van der Waals surface area contributed by atoms with Gasteiger partial charge in [-0.05, 0) is 79.9 Å². The molecule has 4 aliphatic rings. The molecule has 20 heavy (non-hydrogen) atoms. The summed E-state index contributed by atoms with van der Waals surface area (Å²) in [6, 6.07) is 6.25. The molecule has 0 heterocycles. The molecule has 0 atom stereocenters. The Hall–Kier alpha value is -0.530. The van der Waals surface area contributed by atoms with Crippen molar-refractivity contribution in [3.63, 3.8) is 0 Å². The Morgan fingerprint density at radius 3 is 2.25 bits per heavy atom. The maximum atomic E-state index is 11.4. The van der Waals surface area contributed by atoms with Gasteiger partial charge in [-0.15, -0.1) is 0 Å². The Morgan fingerprint density at radius 1 is 1.10 bits per heavy atom. The van der Waals surface area contributed by atoms with E-state index < -0.39 is 5.60 Å². The normalized spacial score (nSPS) is 42.1. The Balaban J connectivity index is 1.64. The summed E-state index contributed by atoms with van der Waals surface area (Å²) < 4.78 is 0. The smallest absolute Gasteiger partial charge is 0.0744 e. The second-order valence-corrected chi connectivity index (χ2v) is 7.97. The predicted molar refractivity (Wildman–Crippen MR) is 81.9 cm³/mol. The van der Waals surface area contributed by atoms with E-state index in [2.05, 4.69) is 19.1 Å². The average molecular weight is 291 g/mol.